The lowest BCUT2D eigenvalue weighted by atomic mass is 9.95. The number of aromatic nitrogens is 1. The van der Waals surface area contributed by atoms with Crippen LogP contribution in [0.5, 0.6) is 0 Å². The molecule has 2 heterocycles. The Kier molecular flexibility index (Phi) is 3.87. The lowest BCUT2D eigenvalue weighted by molar-refractivity contribution is 0.0742. The number of rotatable bonds is 4. The second-order valence-corrected chi connectivity index (χ2v) is 7.38. The average molecular weight is 332 g/mol. The Hall–Kier alpha value is -2.55. The van der Waals surface area contributed by atoms with Crippen LogP contribution in [0.25, 0.3) is 10.9 Å². The Morgan fingerprint density at radius 2 is 1.80 bits per heavy atom. The first-order valence-electron chi connectivity index (χ1n) is 9.05. The molecule has 1 aromatic heterocycles. The van der Waals surface area contributed by atoms with Crippen LogP contribution >= 0.6 is 0 Å². The Bertz CT molecular complexity index is 938. The van der Waals surface area contributed by atoms with Gasteiger partial charge in [-0.25, -0.2) is 0 Å². The summed E-state index contributed by atoms with van der Waals surface area (Å²) in [5, 5.41) is 1.21. The van der Waals surface area contributed by atoms with E-state index < -0.39 is 0 Å². The molecule has 0 spiro atoms. The van der Waals surface area contributed by atoms with Gasteiger partial charge in [0.1, 0.15) is 0 Å². The molecule has 0 saturated carbocycles. The number of aryl methyl sites for hydroxylation is 1. The molecule has 4 rings (SSSR count). The third-order valence-corrected chi connectivity index (χ3v) is 5.22. The maximum absolute atomic E-state index is 13.1. The number of fused-ring (bicyclic) bond motifs is 2. The summed E-state index contributed by atoms with van der Waals surface area (Å²) in [5.74, 6) is 0.729. The van der Waals surface area contributed by atoms with Crippen molar-refractivity contribution in [3.63, 3.8) is 0 Å². The predicted octanol–water partition coefficient (Wildman–Crippen LogP) is 5.07. The third kappa shape index (κ3) is 2.55. The highest BCUT2D eigenvalue weighted by Gasteiger charge is 2.39. The Morgan fingerprint density at radius 1 is 1.08 bits per heavy atom. The smallest absolute Gasteiger partial charge is 0.255 e. The molecule has 0 fully saturated rings. The molecule has 1 atom stereocenters. The Morgan fingerprint density at radius 3 is 2.60 bits per heavy atom. The number of aromatic amines is 1. The molecular weight excluding hydrogens is 308 g/mol. The van der Waals surface area contributed by atoms with E-state index in [0.29, 0.717) is 5.92 Å². The molecule has 0 aliphatic carbocycles. The fourth-order valence-electron chi connectivity index (χ4n) is 3.96. The van der Waals surface area contributed by atoms with Crippen molar-refractivity contribution >= 4 is 16.8 Å². The Balaban J connectivity index is 1.89. The number of carbonyl (C=O) groups is 1. The molecule has 0 unspecified atom stereocenters. The zero-order valence-corrected chi connectivity index (χ0v) is 15.0. The van der Waals surface area contributed by atoms with Crippen LogP contribution in [0.4, 0.5) is 0 Å². The summed E-state index contributed by atoms with van der Waals surface area (Å²) >= 11 is 0. The van der Waals surface area contributed by atoms with Crippen LogP contribution in [0.3, 0.4) is 0 Å². The van der Waals surface area contributed by atoms with Crippen LogP contribution in [0.2, 0.25) is 0 Å². The van der Waals surface area contributed by atoms with Crippen molar-refractivity contribution in [3.8, 4) is 0 Å². The lowest BCUT2D eigenvalue weighted by Gasteiger charge is -2.27. The summed E-state index contributed by atoms with van der Waals surface area (Å²) in [4.78, 5) is 18.6. The highest BCUT2D eigenvalue weighted by Crippen LogP contribution is 2.42. The molecule has 1 amide bonds. The van der Waals surface area contributed by atoms with Crippen molar-refractivity contribution in [1.82, 2.24) is 9.88 Å². The van der Waals surface area contributed by atoms with E-state index in [1.807, 2.05) is 24.3 Å². The molecule has 2 aromatic carbocycles. The maximum atomic E-state index is 13.1. The van der Waals surface area contributed by atoms with Gasteiger partial charge < -0.3 is 9.88 Å². The summed E-state index contributed by atoms with van der Waals surface area (Å²) in [6, 6.07) is 16.4. The monoisotopic (exact) mass is 332 g/mol. The summed E-state index contributed by atoms with van der Waals surface area (Å²) in [5.41, 5.74) is 5.49. The van der Waals surface area contributed by atoms with E-state index in [1.165, 1.54) is 10.9 Å². The van der Waals surface area contributed by atoms with E-state index in [4.69, 9.17) is 0 Å². The maximum Gasteiger partial charge on any atom is 0.255 e. The minimum atomic E-state index is -0.00130. The van der Waals surface area contributed by atoms with E-state index in [-0.39, 0.29) is 11.9 Å². The fraction of sp³-hybridized carbons (Fsp3) is 0.318. The number of H-pyrrole nitrogens is 1. The molecule has 3 nitrogen and oxygen atoms in total. The van der Waals surface area contributed by atoms with Crippen LogP contribution in [0, 0.1) is 12.8 Å². The normalized spacial score (nSPS) is 16.9. The lowest BCUT2D eigenvalue weighted by Crippen LogP contribution is -2.30. The van der Waals surface area contributed by atoms with Gasteiger partial charge in [-0.05, 0) is 37.0 Å². The van der Waals surface area contributed by atoms with Crippen LogP contribution in [0.15, 0.2) is 48.5 Å². The van der Waals surface area contributed by atoms with Gasteiger partial charge in [-0.2, -0.15) is 0 Å². The molecule has 128 valence electrons. The van der Waals surface area contributed by atoms with Gasteiger partial charge in [-0.15, -0.1) is 0 Å². The molecule has 1 aliphatic rings. The van der Waals surface area contributed by atoms with Gasteiger partial charge in [0.2, 0.25) is 0 Å². The van der Waals surface area contributed by atoms with E-state index in [1.54, 1.807) is 0 Å². The fourth-order valence-corrected chi connectivity index (χ4v) is 3.96. The van der Waals surface area contributed by atoms with Crippen LogP contribution in [-0.4, -0.2) is 22.3 Å². The quantitative estimate of drug-likeness (QED) is 0.711. The molecule has 1 aliphatic heterocycles. The number of hydrogen-bond donors (Lipinski definition) is 1. The van der Waals surface area contributed by atoms with Crippen LogP contribution in [0.1, 0.15) is 53.5 Å². The minimum absolute atomic E-state index is 0.00130. The van der Waals surface area contributed by atoms with E-state index in [2.05, 4.69) is 54.9 Å². The van der Waals surface area contributed by atoms with Crippen molar-refractivity contribution in [1.29, 1.82) is 0 Å². The second-order valence-electron chi connectivity index (χ2n) is 7.38. The van der Waals surface area contributed by atoms with Crippen molar-refractivity contribution in [2.75, 3.05) is 6.54 Å². The number of amides is 1. The molecule has 0 bridgehead atoms. The SMILES string of the molecule is Cc1[nH]c2ccccc2c1[C@H]1c2ccccc2C(=O)N1CCC(C)C. The van der Waals surface area contributed by atoms with Gasteiger partial charge in [0.25, 0.3) is 5.91 Å². The van der Waals surface area contributed by atoms with Crippen molar-refractivity contribution in [2.24, 2.45) is 5.92 Å². The number of para-hydroxylation sites is 1. The first-order chi connectivity index (χ1) is 12.1. The topological polar surface area (TPSA) is 36.1 Å². The van der Waals surface area contributed by atoms with Crippen molar-refractivity contribution in [2.45, 2.75) is 33.2 Å². The largest absolute Gasteiger partial charge is 0.358 e. The molecular formula is C22H24N2O. The summed E-state index contributed by atoms with van der Waals surface area (Å²) in [7, 11) is 0. The van der Waals surface area contributed by atoms with Gasteiger partial charge in [0.05, 0.1) is 6.04 Å². The molecule has 0 saturated heterocycles. The van der Waals surface area contributed by atoms with E-state index in [0.717, 1.165) is 35.3 Å². The molecule has 25 heavy (non-hydrogen) atoms. The molecule has 1 N–H and O–H groups in total. The zero-order valence-electron chi connectivity index (χ0n) is 15.0. The number of carbonyl (C=O) groups excluding carboxylic acids is 1. The number of hydrogen-bond acceptors (Lipinski definition) is 1. The highest BCUT2D eigenvalue weighted by molar-refractivity contribution is 6.01. The highest BCUT2D eigenvalue weighted by atomic mass is 16.2. The first kappa shape index (κ1) is 15.9. The van der Waals surface area contributed by atoms with Gasteiger partial charge >= 0.3 is 0 Å². The standard InChI is InChI=1S/C22H24N2O/c1-14(2)12-13-24-21(16-8-4-5-9-17(16)22(24)25)20-15(3)23-19-11-7-6-10-18(19)20/h4-11,14,21,23H,12-13H2,1-3H3/t21-/m1/s1. The van der Waals surface area contributed by atoms with Crippen molar-refractivity contribution < 1.29 is 4.79 Å². The summed E-state index contributed by atoms with van der Waals surface area (Å²) < 4.78 is 0. The first-order valence-corrected chi connectivity index (χ1v) is 9.05. The average Bonchev–Trinajstić information content (AvgIpc) is 3.07. The molecule has 0 radical (unpaired) electrons. The van der Waals surface area contributed by atoms with Crippen LogP contribution < -0.4 is 0 Å². The molecule has 3 aromatic rings. The predicted molar refractivity (Wildman–Crippen MR) is 102 cm³/mol. The number of benzene rings is 2. The van der Waals surface area contributed by atoms with Gasteiger partial charge in [-0.3, -0.25) is 4.79 Å². The third-order valence-electron chi connectivity index (χ3n) is 5.22. The summed E-state index contributed by atoms with van der Waals surface area (Å²) in [6.45, 7) is 7.31. The van der Waals surface area contributed by atoms with Crippen molar-refractivity contribution in [3.05, 3.63) is 70.9 Å². The van der Waals surface area contributed by atoms with E-state index >= 15 is 0 Å². The number of nitrogens with one attached hydrogen (secondary N) is 1. The van der Waals surface area contributed by atoms with Gasteiger partial charge in [-0.1, -0.05) is 50.2 Å². The second kappa shape index (κ2) is 6.07. The number of nitrogens with zero attached hydrogens (tertiary/aromatic N) is 1. The summed E-state index contributed by atoms with van der Waals surface area (Å²) in [6.07, 6.45) is 1.01. The Labute approximate surface area is 148 Å². The van der Waals surface area contributed by atoms with Gasteiger partial charge in [0, 0.05) is 34.3 Å². The molecule has 3 heteroatoms. The zero-order chi connectivity index (χ0) is 17.6. The van der Waals surface area contributed by atoms with E-state index in [9.17, 15) is 4.79 Å². The minimum Gasteiger partial charge on any atom is -0.358 e. The van der Waals surface area contributed by atoms with Gasteiger partial charge in [0.15, 0.2) is 0 Å². The van der Waals surface area contributed by atoms with Crippen LogP contribution in [-0.2, 0) is 0 Å².